The van der Waals surface area contributed by atoms with Gasteiger partial charge in [-0.05, 0) is 81.4 Å². The molecule has 20 rings (SSSR count). The van der Waals surface area contributed by atoms with Crippen LogP contribution < -0.4 is 14.2 Å². The highest BCUT2D eigenvalue weighted by Gasteiger charge is 2.27. The van der Waals surface area contributed by atoms with E-state index in [0.29, 0.717) is 88.4 Å². The Kier molecular flexibility index (Phi) is 24.9. The summed E-state index contributed by atoms with van der Waals surface area (Å²) >= 11 is 33.7. The molecule has 10 aromatic carbocycles. The summed E-state index contributed by atoms with van der Waals surface area (Å²) in [6.45, 7) is 6.84. The molecule has 0 N–H and O–H groups in total. The fraction of sp³-hybridized carbons (Fsp3) is 0.115. The van der Waals surface area contributed by atoms with Gasteiger partial charge in [0.05, 0.1) is 73.4 Å². The van der Waals surface area contributed by atoms with Gasteiger partial charge in [0.2, 0.25) is 0 Å². The van der Waals surface area contributed by atoms with Crippen LogP contribution in [0.1, 0.15) is 18.1 Å². The molecule has 10 heterocycles. The van der Waals surface area contributed by atoms with Crippen LogP contribution in [0.4, 0.5) is 0 Å². The standard InChI is InChI=1S/C20H17ClN4O2.C19H15ClN4O.3C19H15ClN4/c1-25-20-16(18(24-25)13-5-4-6-15(11-13)27-3)17(21)19(22-23-20)12-7-9-14(26-2)10-8-12;1-24-19-15(17(23-24)13-9-6-10-14(11-13)25-2)16(20)18(21-22-19)12-7-4-3-5-8-12;1-12-7-6-10-14(11-12)17-15-16(20)18(13-8-4-3-5-9-13)21-22-19(15)24(2)23-17;1-12-7-6-10-14(11-12)18-16(20)15-17(13-8-4-3-5-9-13)23-24(2)19(15)22-21-18;1-2-24-19-15(17(23-24)13-9-5-3-6-10-13)16(20)18(21-22-19)14-11-7-4-8-12-14/h4-11H,1-3H3;3-11H,1-2H3;2*3-11H,1-2H3;3-12H,2H2,1H3. The van der Waals surface area contributed by atoms with Crippen molar-refractivity contribution in [1.29, 1.82) is 0 Å². The van der Waals surface area contributed by atoms with Crippen molar-refractivity contribution in [2.75, 3.05) is 21.3 Å². The van der Waals surface area contributed by atoms with Crippen LogP contribution in [-0.4, -0.2) is 121 Å². The summed E-state index contributed by atoms with van der Waals surface area (Å²) in [6.07, 6.45) is 0. The first kappa shape index (κ1) is 83.5. The van der Waals surface area contributed by atoms with Gasteiger partial charge < -0.3 is 14.2 Å². The van der Waals surface area contributed by atoms with Crippen molar-refractivity contribution >= 4 is 113 Å². The van der Waals surface area contributed by atoms with E-state index in [1.807, 2.05) is 302 Å². The topological polar surface area (TPSA) is 246 Å². The Morgan fingerprint density at radius 2 is 0.468 bits per heavy atom. The van der Waals surface area contributed by atoms with Crippen molar-refractivity contribution in [3.05, 3.63) is 309 Å². The van der Waals surface area contributed by atoms with Crippen LogP contribution in [0, 0.1) is 13.8 Å². The van der Waals surface area contributed by atoms with Gasteiger partial charge in [0, 0.05) is 90.4 Å². The Bertz CT molecular complexity index is 7260. The molecule has 124 heavy (non-hydrogen) atoms. The molecule has 0 radical (unpaired) electrons. The number of hydrogen-bond donors (Lipinski definition) is 0. The number of halogens is 5. The number of aromatic nitrogens is 20. The summed E-state index contributed by atoms with van der Waals surface area (Å²) in [5, 5.41) is 73.5. The zero-order valence-electron chi connectivity index (χ0n) is 68.7. The third kappa shape index (κ3) is 17.0. The van der Waals surface area contributed by atoms with Crippen LogP contribution in [0.25, 0.3) is 168 Å². The average Bonchev–Trinajstić information content (AvgIpc) is 1.64. The average molecular weight is 1740 g/mol. The predicted octanol–water partition coefficient (Wildman–Crippen LogP) is 22.9. The van der Waals surface area contributed by atoms with Gasteiger partial charge in [0.25, 0.3) is 0 Å². The molecule has 0 unspecified atom stereocenters. The minimum absolute atomic E-state index is 0.510. The molecule has 0 bridgehead atoms. The quantitative estimate of drug-likeness (QED) is 0.0981. The maximum Gasteiger partial charge on any atom is 0.182 e. The SMILES string of the molecule is CCn1nc(-c2ccccc2)c2c(Cl)c(-c3ccccc3)nnc21.COc1ccc(-c2nnc3c(c(-c4cccc(OC)c4)nn3C)c2Cl)cc1.COc1cccc(-c2nn(C)c3nnc(-c4ccccc4)c(Cl)c23)c1.Cc1cccc(-c2nn(C)c3nnc(-c4ccccc4)c(Cl)c23)c1.Cc1cccc(-c2nnc3c(c(-c4ccccc4)nn3C)c2Cl)c1. The first-order valence-electron chi connectivity index (χ1n) is 39.2. The van der Waals surface area contributed by atoms with Crippen molar-refractivity contribution in [2.45, 2.75) is 27.3 Å². The molecular weight excluding hydrogens is 1660 g/mol. The van der Waals surface area contributed by atoms with Crippen LogP contribution in [0.5, 0.6) is 17.2 Å². The van der Waals surface area contributed by atoms with Gasteiger partial charge in [-0.1, -0.05) is 281 Å². The number of benzene rings is 10. The van der Waals surface area contributed by atoms with Gasteiger partial charge in [-0.15, -0.1) is 51.0 Å². The van der Waals surface area contributed by atoms with E-state index < -0.39 is 0 Å². The summed E-state index contributed by atoms with van der Waals surface area (Å²) < 4.78 is 24.5. The molecule has 10 aromatic heterocycles. The second-order valence-electron chi connectivity index (χ2n) is 28.6. The Balaban J connectivity index is 0.000000115. The molecule has 23 nitrogen and oxygen atoms in total. The van der Waals surface area contributed by atoms with Gasteiger partial charge in [-0.25, -0.2) is 23.4 Å². The number of nitrogens with zero attached hydrogens (tertiary/aromatic N) is 20. The fourth-order valence-electron chi connectivity index (χ4n) is 14.4. The molecule has 0 atom stereocenters. The highest BCUT2D eigenvalue weighted by molar-refractivity contribution is 6.41. The summed E-state index contributed by atoms with van der Waals surface area (Å²) in [7, 11) is 12.3. The summed E-state index contributed by atoms with van der Waals surface area (Å²) in [5.74, 6) is 2.28. The van der Waals surface area contributed by atoms with E-state index >= 15 is 0 Å². The Labute approximate surface area is 738 Å². The van der Waals surface area contributed by atoms with E-state index in [4.69, 9.17) is 77.3 Å². The van der Waals surface area contributed by atoms with E-state index in [2.05, 4.69) is 96.5 Å². The fourth-order valence-corrected chi connectivity index (χ4v) is 16.0. The number of hydrogen-bond acceptors (Lipinski definition) is 18. The van der Waals surface area contributed by atoms with Gasteiger partial charge in [0.15, 0.2) is 28.2 Å². The molecule has 20 aromatic rings. The summed E-state index contributed by atoms with van der Waals surface area (Å²) in [6, 6.07) is 88.7. The van der Waals surface area contributed by atoms with Crippen molar-refractivity contribution < 1.29 is 14.2 Å². The van der Waals surface area contributed by atoms with Gasteiger partial charge in [-0.3, -0.25) is 0 Å². The van der Waals surface area contributed by atoms with Gasteiger partial charge >= 0.3 is 0 Å². The van der Waals surface area contributed by atoms with Crippen LogP contribution in [0.2, 0.25) is 25.1 Å². The number of aryl methyl sites for hydroxylation is 7. The molecule has 614 valence electrons. The van der Waals surface area contributed by atoms with E-state index in [-0.39, 0.29) is 0 Å². The highest BCUT2D eigenvalue weighted by atomic mass is 35.5. The third-order valence-electron chi connectivity index (χ3n) is 20.5. The molecule has 0 saturated carbocycles. The Hall–Kier alpha value is -14.2. The van der Waals surface area contributed by atoms with E-state index in [0.717, 1.165) is 134 Å². The van der Waals surface area contributed by atoms with Gasteiger partial charge in [0.1, 0.15) is 74.2 Å². The molecule has 0 fully saturated rings. The lowest BCUT2D eigenvalue weighted by Gasteiger charge is -2.07. The van der Waals surface area contributed by atoms with Gasteiger partial charge in [-0.2, -0.15) is 25.5 Å². The maximum absolute atomic E-state index is 6.77. The lowest BCUT2D eigenvalue weighted by atomic mass is 10.1. The minimum atomic E-state index is 0.510. The number of methoxy groups -OCH3 is 3. The highest BCUT2D eigenvalue weighted by Crippen LogP contribution is 2.44. The summed E-state index contributed by atoms with van der Waals surface area (Å²) in [5.41, 5.74) is 22.4. The first-order chi connectivity index (χ1) is 60.4. The molecule has 0 spiro atoms. The number of ether oxygens (including phenoxy) is 3. The second-order valence-corrected chi connectivity index (χ2v) is 30.5. The zero-order chi connectivity index (χ0) is 86.2. The van der Waals surface area contributed by atoms with Crippen LogP contribution in [0.15, 0.2) is 273 Å². The van der Waals surface area contributed by atoms with E-state index in [1.54, 1.807) is 40.1 Å². The number of fused-ring (bicyclic) bond motifs is 5. The molecule has 0 amide bonds. The Morgan fingerprint density at radius 1 is 0.234 bits per heavy atom. The van der Waals surface area contributed by atoms with E-state index in [9.17, 15) is 0 Å². The van der Waals surface area contributed by atoms with Crippen molar-refractivity contribution in [3.8, 4) is 130 Å². The normalized spacial score (nSPS) is 11.1. The maximum atomic E-state index is 6.77. The predicted molar refractivity (Wildman–Crippen MR) is 495 cm³/mol. The molecule has 0 aliphatic carbocycles. The molecule has 0 saturated heterocycles. The first-order valence-corrected chi connectivity index (χ1v) is 41.1. The monoisotopic (exact) mass is 1730 g/mol. The Morgan fingerprint density at radius 3 is 0.766 bits per heavy atom. The molecule has 0 aliphatic rings. The van der Waals surface area contributed by atoms with Crippen molar-refractivity contribution in [2.24, 2.45) is 28.2 Å². The third-order valence-corrected chi connectivity index (χ3v) is 22.4. The minimum Gasteiger partial charge on any atom is -0.497 e. The van der Waals surface area contributed by atoms with Crippen LogP contribution in [-0.2, 0) is 34.7 Å². The largest absolute Gasteiger partial charge is 0.497 e. The molecule has 0 aliphatic heterocycles. The lowest BCUT2D eigenvalue weighted by molar-refractivity contribution is 0.415. The zero-order valence-corrected chi connectivity index (χ0v) is 72.5. The van der Waals surface area contributed by atoms with Crippen molar-refractivity contribution in [1.82, 2.24) is 99.9 Å². The van der Waals surface area contributed by atoms with Crippen LogP contribution in [0.3, 0.4) is 0 Å². The lowest BCUT2D eigenvalue weighted by Crippen LogP contribution is -1.99. The number of rotatable bonds is 14. The smallest absolute Gasteiger partial charge is 0.182 e. The summed E-state index contributed by atoms with van der Waals surface area (Å²) in [4.78, 5) is 0. The second kappa shape index (κ2) is 37.0. The molecule has 28 heteroatoms. The van der Waals surface area contributed by atoms with E-state index in [1.165, 1.54) is 5.56 Å². The van der Waals surface area contributed by atoms with Crippen molar-refractivity contribution in [3.63, 3.8) is 0 Å². The van der Waals surface area contributed by atoms with Crippen LogP contribution >= 0.6 is 58.0 Å². The molecular formula is C96H77Cl5N20O3.